The Morgan fingerprint density at radius 2 is 1.27 bits per heavy atom. The molecule has 41 heavy (non-hydrogen) atoms. The fourth-order valence-electron chi connectivity index (χ4n) is 5.13. The normalized spacial score (nSPS) is 11.0. The molecule has 6 rings (SSSR count). The average Bonchev–Trinajstić information content (AvgIpc) is 3.00. The van der Waals surface area contributed by atoms with Crippen molar-refractivity contribution in [3.63, 3.8) is 0 Å². The minimum Gasteiger partial charge on any atom is -0.458 e. The second kappa shape index (κ2) is 10.6. The zero-order valence-electron chi connectivity index (χ0n) is 22.6. The van der Waals surface area contributed by atoms with Crippen LogP contribution in [-0.2, 0) is 20.9 Å². The van der Waals surface area contributed by atoms with Gasteiger partial charge in [0.2, 0.25) is 0 Å². The number of anilines is 3. The van der Waals surface area contributed by atoms with Crippen molar-refractivity contribution in [3.8, 4) is 5.75 Å². The fraction of sp³-hybridized carbons (Fsp3) is 0.0556. The van der Waals surface area contributed by atoms with Crippen molar-refractivity contribution >= 4 is 61.3 Å². The average molecular weight is 538 g/mol. The highest BCUT2D eigenvalue weighted by molar-refractivity contribution is 6.23. The lowest BCUT2D eigenvalue weighted by Gasteiger charge is -2.27. The summed E-state index contributed by atoms with van der Waals surface area (Å²) < 4.78 is 10.6. The number of esters is 2. The molecule has 6 aromatic carbocycles. The standard InChI is InChI=1S/C36H27NO4/c1-4-33(38)40-22-24-8-14-29(15-9-24)37(30-16-18-32(19-17-30)41-36(39)23(2)3)31-20-27-12-10-25-6-5-7-26-11-13-28(21-31)35(27)34(25)26/h4-21H,1-2,22H2,3H3. The Kier molecular flexibility index (Phi) is 6.70. The highest BCUT2D eigenvalue weighted by Gasteiger charge is 2.17. The molecule has 0 aromatic heterocycles. The van der Waals surface area contributed by atoms with Gasteiger partial charge in [-0.3, -0.25) is 0 Å². The third kappa shape index (κ3) is 5.01. The predicted molar refractivity (Wildman–Crippen MR) is 165 cm³/mol. The highest BCUT2D eigenvalue weighted by atomic mass is 16.5. The summed E-state index contributed by atoms with van der Waals surface area (Å²) in [6.07, 6.45) is 1.15. The minimum absolute atomic E-state index is 0.161. The second-order valence-electron chi connectivity index (χ2n) is 9.95. The lowest BCUT2D eigenvalue weighted by molar-refractivity contribution is -0.139. The summed E-state index contributed by atoms with van der Waals surface area (Å²) in [4.78, 5) is 25.7. The summed E-state index contributed by atoms with van der Waals surface area (Å²) in [5, 5.41) is 7.24. The summed E-state index contributed by atoms with van der Waals surface area (Å²) in [5.74, 6) is -0.483. The van der Waals surface area contributed by atoms with Gasteiger partial charge in [0.05, 0.1) is 0 Å². The molecule has 0 atom stereocenters. The van der Waals surface area contributed by atoms with Crippen LogP contribution in [0.3, 0.4) is 0 Å². The highest BCUT2D eigenvalue weighted by Crippen LogP contribution is 2.41. The molecule has 0 N–H and O–H groups in total. The summed E-state index contributed by atoms with van der Waals surface area (Å²) in [5.41, 5.74) is 3.99. The number of hydrogen-bond acceptors (Lipinski definition) is 5. The van der Waals surface area contributed by atoms with Crippen LogP contribution in [0.1, 0.15) is 12.5 Å². The van der Waals surface area contributed by atoms with Crippen molar-refractivity contribution in [2.75, 3.05) is 4.90 Å². The van der Waals surface area contributed by atoms with E-state index in [2.05, 4.69) is 72.7 Å². The maximum absolute atomic E-state index is 12.0. The maximum Gasteiger partial charge on any atom is 0.338 e. The monoisotopic (exact) mass is 537 g/mol. The zero-order valence-corrected chi connectivity index (χ0v) is 22.6. The Balaban J connectivity index is 1.45. The molecule has 6 aromatic rings. The summed E-state index contributed by atoms with van der Waals surface area (Å²) in [6, 6.07) is 34.7. The Hall–Kier alpha value is -5.42. The van der Waals surface area contributed by atoms with Crippen LogP contribution in [0.4, 0.5) is 17.1 Å². The van der Waals surface area contributed by atoms with E-state index < -0.39 is 11.9 Å². The number of benzene rings is 6. The molecule has 0 fully saturated rings. The molecule has 0 unspecified atom stereocenters. The van der Waals surface area contributed by atoms with Crippen molar-refractivity contribution in [3.05, 3.63) is 133 Å². The van der Waals surface area contributed by atoms with Crippen LogP contribution in [0.2, 0.25) is 0 Å². The van der Waals surface area contributed by atoms with Crippen molar-refractivity contribution in [2.45, 2.75) is 13.5 Å². The van der Waals surface area contributed by atoms with Gasteiger partial charge in [-0.15, -0.1) is 0 Å². The number of ether oxygens (including phenoxy) is 2. The second-order valence-corrected chi connectivity index (χ2v) is 9.95. The van der Waals surface area contributed by atoms with Gasteiger partial charge in [-0.05, 0) is 93.3 Å². The van der Waals surface area contributed by atoms with E-state index in [9.17, 15) is 9.59 Å². The largest absolute Gasteiger partial charge is 0.458 e. The Labute approximate surface area is 237 Å². The van der Waals surface area contributed by atoms with E-state index in [-0.39, 0.29) is 6.61 Å². The topological polar surface area (TPSA) is 55.8 Å². The molecule has 0 aliphatic heterocycles. The van der Waals surface area contributed by atoms with Crippen LogP contribution < -0.4 is 9.64 Å². The first kappa shape index (κ1) is 25.8. The molecule has 5 heteroatoms. The number of carbonyl (C=O) groups excluding carboxylic acids is 2. The molecule has 0 heterocycles. The van der Waals surface area contributed by atoms with Crippen molar-refractivity contribution in [1.29, 1.82) is 0 Å². The molecule has 0 spiro atoms. The molecular formula is C36H27NO4. The molecule has 0 amide bonds. The fourth-order valence-corrected chi connectivity index (χ4v) is 5.13. The van der Waals surface area contributed by atoms with Gasteiger partial charge < -0.3 is 14.4 Å². The van der Waals surface area contributed by atoms with E-state index >= 15 is 0 Å². The van der Waals surface area contributed by atoms with Gasteiger partial charge in [0, 0.05) is 28.7 Å². The third-order valence-electron chi connectivity index (χ3n) is 7.10. The molecule has 0 saturated carbocycles. The van der Waals surface area contributed by atoms with Gasteiger partial charge >= 0.3 is 11.9 Å². The van der Waals surface area contributed by atoms with Crippen LogP contribution in [-0.4, -0.2) is 11.9 Å². The minimum atomic E-state index is -0.464. The van der Waals surface area contributed by atoms with Gasteiger partial charge in [0.25, 0.3) is 0 Å². The zero-order chi connectivity index (χ0) is 28.5. The summed E-state index contributed by atoms with van der Waals surface area (Å²) in [7, 11) is 0. The van der Waals surface area contributed by atoms with E-state index in [0.717, 1.165) is 39.5 Å². The van der Waals surface area contributed by atoms with Gasteiger partial charge in [-0.25, -0.2) is 9.59 Å². The molecule has 0 aliphatic rings. The SMILES string of the molecule is C=CC(=O)OCc1ccc(N(c2ccc(OC(=O)C(=C)C)cc2)c2cc3ccc4cccc5ccc(c2)c3c45)cc1. The summed E-state index contributed by atoms with van der Waals surface area (Å²) >= 11 is 0. The first-order valence-corrected chi connectivity index (χ1v) is 13.2. The smallest absolute Gasteiger partial charge is 0.338 e. The summed E-state index contributed by atoms with van der Waals surface area (Å²) in [6.45, 7) is 8.88. The van der Waals surface area contributed by atoms with E-state index in [0.29, 0.717) is 11.3 Å². The van der Waals surface area contributed by atoms with Crippen molar-refractivity contribution in [1.82, 2.24) is 0 Å². The van der Waals surface area contributed by atoms with Crippen LogP contribution in [0.15, 0.2) is 128 Å². The predicted octanol–water partition coefficient (Wildman–Crippen LogP) is 8.76. The number of carbonyl (C=O) groups is 2. The molecule has 0 bridgehead atoms. The lowest BCUT2D eigenvalue weighted by atomic mass is 9.93. The number of hydrogen-bond donors (Lipinski definition) is 0. The van der Waals surface area contributed by atoms with E-state index in [1.165, 1.54) is 21.5 Å². The first-order chi connectivity index (χ1) is 19.9. The van der Waals surface area contributed by atoms with E-state index in [1.807, 2.05) is 36.4 Å². The lowest BCUT2D eigenvalue weighted by Crippen LogP contribution is -2.11. The molecular weight excluding hydrogens is 510 g/mol. The molecule has 5 nitrogen and oxygen atoms in total. The molecule has 0 saturated heterocycles. The van der Waals surface area contributed by atoms with E-state index in [4.69, 9.17) is 9.47 Å². The van der Waals surface area contributed by atoms with E-state index in [1.54, 1.807) is 19.1 Å². The molecule has 0 aliphatic carbocycles. The Morgan fingerprint density at radius 1 is 0.732 bits per heavy atom. The molecule has 200 valence electrons. The van der Waals surface area contributed by atoms with Crippen LogP contribution in [0, 0.1) is 0 Å². The Bertz CT molecular complexity index is 1870. The Morgan fingerprint density at radius 3 is 1.83 bits per heavy atom. The van der Waals surface area contributed by atoms with Gasteiger partial charge in [-0.1, -0.05) is 67.8 Å². The maximum atomic E-state index is 12.0. The van der Waals surface area contributed by atoms with Crippen LogP contribution >= 0.6 is 0 Å². The number of nitrogens with zero attached hydrogens (tertiary/aromatic N) is 1. The van der Waals surface area contributed by atoms with Crippen LogP contribution in [0.25, 0.3) is 32.3 Å². The van der Waals surface area contributed by atoms with Gasteiger partial charge in [-0.2, -0.15) is 0 Å². The quantitative estimate of drug-likeness (QED) is 0.0841. The van der Waals surface area contributed by atoms with Gasteiger partial charge in [0.15, 0.2) is 0 Å². The first-order valence-electron chi connectivity index (χ1n) is 13.2. The number of rotatable bonds is 8. The van der Waals surface area contributed by atoms with Crippen molar-refractivity contribution < 1.29 is 19.1 Å². The third-order valence-corrected chi connectivity index (χ3v) is 7.10. The van der Waals surface area contributed by atoms with Gasteiger partial charge in [0.1, 0.15) is 12.4 Å². The van der Waals surface area contributed by atoms with Crippen LogP contribution in [0.5, 0.6) is 5.75 Å². The molecule has 0 radical (unpaired) electrons. The van der Waals surface area contributed by atoms with Crippen molar-refractivity contribution in [2.24, 2.45) is 0 Å².